The van der Waals surface area contributed by atoms with E-state index in [2.05, 4.69) is 63.4 Å². The minimum Gasteiger partial charge on any atom is -0.379 e. The molecule has 3 rings (SSSR count). The Kier molecular flexibility index (Phi) is 6.00. The second-order valence-electron chi connectivity index (χ2n) is 6.81. The van der Waals surface area contributed by atoms with E-state index in [4.69, 9.17) is 4.74 Å². The maximum atomic E-state index is 5.38. The van der Waals surface area contributed by atoms with Crippen LogP contribution in [0.5, 0.6) is 0 Å². The van der Waals surface area contributed by atoms with Crippen molar-refractivity contribution in [1.82, 2.24) is 19.9 Å². The van der Waals surface area contributed by atoms with Crippen LogP contribution >= 0.6 is 0 Å². The molecule has 0 spiro atoms. The van der Waals surface area contributed by atoms with Crippen LogP contribution in [-0.2, 0) is 4.74 Å². The molecule has 26 heavy (non-hydrogen) atoms. The molecule has 0 bridgehead atoms. The van der Waals surface area contributed by atoms with Crippen LogP contribution in [0.15, 0.2) is 12.1 Å². The van der Waals surface area contributed by atoms with Crippen molar-refractivity contribution in [3.05, 3.63) is 34.6 Å². The van der Waals surface area contributed by atoms with E-state index in [9.17, 15) is 0 Å². The molecule has 0 unspecified atom stereocenters. The van der Waals surface area contributed by atoms with Crippen molar-refractivity contribution in [3.8, 4) is 0 Å². The fourth-order valence-corrected chi connectivity index (χ4v) is 3.26. The second kappa shape index (κ2) is 8.42. The highest BCUT2D eigenvalue weighted by Gasteiger charge is 2.11. The average Bonchev–Trinajstić information content (AvgIpc) is 2.59. The SMILES string of the molecule is Cc1cc(C)c(Nc2nc(C)nc(NCCN3CCOCC3)n2)c(C)c1. The van der Waals surface area contributed by atoms with E-state index >= 15 is 0 Å². The molecule has 1 aliphatic heterocycles. The van der Waals surface area contributed by atoms with Crippen molar-refractivity contribution in [1.29, 1.82) is 0 Å². The van der Waals surface area contributed by atoms with E-state index in [-0.39, 0.29) is 0 Å². The molecule has 1 saturated heterocycles. The van der Waals surface area contributed by atoms with Crippen LogP contribution in [0.2, 0.25) is 0 Å². The Morgan fingerprint density at radius 3 is 2.31 bits per heavy atom. The number of anilines is 3. The van der Waals surface area contributed by atoms with Gasteiger partial charge in [-0.2, -0.15) is 15.0 Å². The maximum absolute atomic E-state index is 5.38. The third-order valence-corrected chi connectivity index (χ3v) is 4.48. The molecular formula is C19H28N6O. The summed E-state index contributed by atoms with van der Waals surface area (Å²) in [6.07, 6.45) is 0. The Morgan fingerprint density at radius 2 is 1.62 bits per heavy atom. The number of ether oxygens (including phenoxy) is 1. The molecule has 7 nitrogen and oxygen atoms in total. The zero-order valence-electron chi connectivity index (χ0n) is 16.1. The number of hydrogen-bond donors (Lipinski definition) is 2. The minimum atomic E-state index is 0.571. The van der Waals surface area contributed by atoms with E-state index in [0.717, 1.165) is 45.1 Å². The molecule has 0 saturated carbocycles. The molecule has 0 atom stereocenters. The minimum absolute atomic E-state index is 0.571. The Morgan fingerprint density at radius 1 is 0.962 bits per heavy atom. The molecular weight excluding hydrogens is 328 g/mol. The highest BCUT2D eigenvalue weighted by Crippen LogP contribution is 2.24. The largest absolute Gasteiger partial charge is 0.379 e. The molecule has 2 N–H and O–H groups in total. The highest BCUT2D eigenvalue weighted by molar-refractivity contribution is 5.64. The van der Waals surface area contributed by atoms with Crippen molar-refractivity contribution >= 4 is 17.6 Å². The quantitative estimate of drug-likeness (QED) is 0.824. The van der Waals surface area contributed by atoms with Crippen molar-refractivity contribution in [2.75, 3.05) is 50.0 Å². The maximum Gasteiger partial charge on any atom is 0.232 e. The summed E-state index contributed by atoms with van der Waals surface area (Å²) >= 11 is 0. The lowest BCUT2D eigenvalue weighted by Crippen LogP contribution is -2.39. The van der Waals surface area contributed by atoms with E-state index < -0.39 is 0 Å². The number of aromatic nitrogens is 3. The molecule has 1 aromatic heterocycles. The van der Waals surface area contributed by atoms with Gasteiger partial charge in [-0.05, 0) is 38.8 Å². The summed E-state index contributed by atoms with van der Waals surface area (Å²) < 4.78 is 5.38. The fraction of sp³-hybridized carbons (Fsp3) is 0.526. The lowest BCUT2D eigenvalue weighted by atomic mass is 10.1. The normalized spacial score (nSPS) is 15.1. The first-order chi connectivity index (χ1) is 12.5. The monoisotopic (exact) mass is 356 g/mol. The molecule has 0 radical (unpaired) electrons. The first-order valence-corrected chi connectivity index (χ1v) is 9.13. The van der Waals surface area contributed by atoms with Gasteiger partial charge in [-0.25, -0.2) is 0 Å². The number of rotatable bonds is 6. The average molecular weight is 356 g/mol. The number of hydrogen-bond acceptors (Lipinski definition) is 7. The number of benzene rings is 1. The van der Waals surface area contributed by atoms with Gasteiger partial charge in [-0.3, -0.25) is 4.90 Å². The predicted molar refractivity (Wildman–Crippen MR) is 104 cm³/mol. The van der Waals surface area contributed by atoms with Crippen LogP contribution in [0.25, 0.3) is 0 Å². The van der Waals surface area contributed by atoms with E-state index in [1.165, 1.54) is 16.7 Å². The van der Waals surface area contributed by atoms with Crippen LogP contribution in [0, 0.1) is 27.7 Å². The molecule has 1 fully saturated rings. The molecule has 140 valence electrons. The highest BCUT2D eigenvalue weighted by atomic mass is 16.5. The Labute approximate surface area is 155 Å². The summed E-state index contributed by atoms with van der Waals surface area (Å²) in [5.74, 6) is 1.87. The van der Waals surface area contributed by atoms with Gasteiger partial charge in [0.15, 0.2) is 0 Å². The summed E-state index contributed by atoms with van der Waals surface area (Å²) in [7, 11) is 0. The summed E-state index contributed by atoms with van der Waals surface area (Å²) in [6.45, 7) is 13.5. The number of aryl methyl sites for hydroxylation is 4. The first-order valence-electron chi connectivity index (χ1n) is 9.13. The van der Waals surface area contributed by atoms with Crippen molar-refractivity contribution in [3.63, 3.8) is 0 Å². The molecule has 7 heteroatoms. The van der Waals surface area contributed by atoms with E-state index in [0.29, 0.717) is 17.7 Å². The Hall–Kier alpha value is -2.25. The van der Waals surface area contributed by atoms with Gasteiger partial charge in [0.2, 0.25) is 11.9 Å². The fourth-order valence-electron chi connectivity index (χ4n) is 3.26. The van der Waals surface area contributed by atoms with Gasteiger partial charge in [0.25, 0.3) is 0 Å². The van der Waals surface area contributed by atoms with Gasteiger partial charge in [0.05, 0.1) is 13.2 Å². The van der Waals surface area contributed by atoms with Gasteiger partial charge < -0.3 is 15.4 Å². The van der Waals surface area contributed by atoms with Gasteiger partial charge in [-0.1, -0.05) is 17.7 Å². The van der Waals surface area contributed by atoms with E-state index in [1.54, 1.807) is 0 Å². The molecule has 1 aromatic carbocycles. The van der Waals surface area contributed by atoms with Crippen LogP contribution in [0.1, 0.15) is 22.5 Å². The number of morpholine rings is 1. The van der Waals surface area contributed by atoms with Crippen LogP contribution in [0.3, 0.4) is 0 Å². The number of nitrogens with zero attached hydrogens (tertiary/aromatic N) is 4. The Bertz CT molecular complexity index is 735. The standard InChI is InChI=1S/C19H28N6O/c1-13-11-14(2)17(15(3)12-13)23-19-22-16(4)21-18(24-19)20-5-6-25-7-9-26-10-8-25/h11-12H,5-10H2,1-4H3,(H2,20,21,22,23,24). The predicted octanol–water partition coefficient (Wildman–Crippen LogP) is 2.59. The van der Waals surface area contributed by atoms with Crippen molar-refractivity contribution < 1.29 is 4.74 Å². The zero-order valence-corrected chi connectivity index (χ0v) is 16.1. The summed E-state index contributed by atoms with van der Waals surface area (Å²) in [5.41, 5.74) is 4.67. The molecule has 0 amide bonds. The van der Waals surface area contributed by atoms with E-state index in [1.807, 2.05) is 6.92 Å². The smallest absolute Gasteiger partial charge is 0.232 e. The van der Waals surface area contributed by atoms with Crippen molar-refractivity contribution in [2.45, 2.75) is 27.7 Å². The molecule has 2 aromatic rings. The van der Waals surface area contributed by atoms with Gasteiger partial charge >= 0.3 is 0 Å². The zero-order chi connectivity index (χ0) is 18.5. The number of nitrogens with one attached hydrogen (secondary N) is 2. The molecule has 0 aliphatic carbocycles. The third kappa shape index (κ3) is 4.89. The van der Waals surface area contributed by atoms with Crippen LogP contribution in [0.4, 0.5) is 17.6 Å². The third-order valence-electron chi connectivity index (χ3n) is 4.48. The van der Waals surface area contributed by atoms with Gasteiger partial charge in [0.1, 0.15) is 5.82 Å². The lowest BCUT2D eigenvalue weighted by Gasteiger charge is -2.26. The lowest BCUT2D eigenvalue weighted by molar-refractivity contribution is 0.0398. The van der Waals surface area contributed by atoms with Crippen LogP contribution < -0.4 is 10.6 Å². The van der Waals surface area contributed by atoms with Gasteiger partial charge in [0, 0.05) is 31.9 Å². The summed E-state index contributed by atoms with van der Waals surface area (Å²) in [6, 6.07) is 4.32. The van der Waals surface area contributed by atoms with Crippen LogP contribution in [-0.4, -0.2) is 59.2 Å². The van der Waals surface area contributed by atoms with Gasteiger partial charge in [-0.15, -0.1) is 0 Å². The topological polar surface area (TPSA) is 75.2 Å². The summed E-state index contributed by atoms with van der Waals surface area (Å²) in [4.78, 5) is 15.7. The molecule has 1 aliphatic rings. The second-order valence-corrected chi connectivity index (χ2v) is 6.81. The Balaban J connectivity index is 1.65. The molecule has 2 heterocycles. The van der Waals surface area contributed by atoms with Crippen molar-refractivity contribution in [2.24, 2.45) is 0 Å². The first kappa shape index (κ1) is 18.5. The summed E-state index contributed by atoms with van der Waals surface area (Å²) in [5, 5.41) is 6.67.